The fourth-order valence-corrected chi connectivity index (χ4v) is 4.07. The van der Waals surface area contributed by atoms with Crippen molar-refractivity contribution in [2.24, 2.45) is 5.14 Å². The van der Waals surface area contributed by atoms with Gasteiger partial charge in [-0.15, -0.1) is 0 Å². The highest BCUT2D eigenvalue weighted by Crippen LogP contribution is 2.40. The summed E-state index contributed by atoms with van der Waals surface area (Å²) in [6.07, 6.45) is 0.641. The molecule has 144 valence electrons. The first-order valence-corrected chi connectivity index (χ1v) is 10.6. The molecular weight excluding hydrogens is 386 g/mol. The van der Waals surface area contributed by atoms with Crippen LogP contribution in [0.1, 0.15) is 16.9 Å². The summed E-state index contributed by atoms with van der Waals surface area (Å²) in [5.41, 5.74) is 3.52. The Labute approximate surface area is 168 Å². The summed E-state index contributed by atoms with van der Waals surface area (Å²) in [6.45, 7) is 0. The summed E-state index contributed by atoms with van der Waals surface area (Å²) in [7, 11) is -3.76. The molecule has 29 heavy (non-hydrogen) atoms. The molecule has 0 unspecified atom stereocenters. The number of allylic oxidation sites excluding steroid dienone is 1. The lowest BCUT2D eigenvalue weighted by atomic mass is 9.95. The minimum absolute atomic E-state index is 0.0587. The number of rotatable bonds is 3. The van der Waals surface area contributed by atoms with Gasteiger partial charge in [-0.3, -0.25) is 0 Å². The normalized spacial score (nSPS) is 14.0. The maximum Gasteiger partial charge on any atom is 0.238 e. The number of sulfonamides is 1. The van der Waals surface area contributed by atoms with Crippen LogP contribution in [0.15, 0.2) is 88.2 Å². The average molecular weight is 403 g/mol. The zero-order valence-corrected chi connectivity index (χ0v) is 16.1. The number of fused-ring (bicyclic) bond motifs is 2. The van der Waals surface area contributed by atoms with E-state index in [0.717, 1.165) is 39.2 Å². The second-order valence-corrected chi connectivity index (χ2v) is 8.47. The molecule has 1 aromatic heterocycles. The van der Waals surface area contributed by atoms with E-state index in [1.165, 1.54) is 12.1 Å². The number of nitrogens with two attached hydrogens (primary N) is 1. The molecule has 0 atom stereocenters. The minimum Gasteiger partial charge on any atom is -0.456 e. The molecule has 5 rings (SSSR count). The number of benzene rings is 3. The summed E-state index contributed by atoms with van der Waals surface area (Å²) in [5.74, 6) is 2.15. The summed E-state index contributed by atoms with van der Waals surface area (Å²) in [4.78, 5) is 0.0587. The Hall–Kier alpha value is -3.35. The molecule has 1 aliphatic rings. The first-order chi connectivity index (χ1) is 14.0. The Morgan fingerprint density at radius 1 is 0.862 bits per heavy atom. The quantitative estimate of drug-likeness (QED) is 0.543. The SMILES string of the molecule is NS(=O)(=O)c1ccc(C2=C(c3cc4ccccc4o3)Cc3ccccc3O2)cc1. The van der Waals surface area contributed by atoms with Crippen LogP contribution in [-0.4, -0.2) is 8.42 Å². The molecule has 1 aliphatic heterocycles. The van der Waals surface area contributed by atoms with Gasteiger partial charge in [-0.1, -0.05) is 36.4 Å². The second kappa shape index (κ2) is 6.62. The number of primary sulfonamides is 1. The molecular formula is C23H17NO4S. The van der Waals surface area contributed by atoms with Crippen LogP contribution in [0.4, 0.5) is 0 Å². The predicted molar refractivity (Wildman–Crippen MR) is 112 cm³/mol. The van der Waals surface area contributed by atoms with E-state index in [0.29, 0.717) is 12.2 Å². The standard InChI is InChI=1S/C23H17NO4S/c24-29(25,26)18-11-9-15(10-12-18)23-19(13-16-5-1-4-8-21(16)28-23)22-14-17-6-2-3-7-20(17)27-22/h1-12,14H,13H2,(H2,24,25,26). The third-order valence-corrected chi connectivity index (χ3v) is 5.92. The van der Waals surface area contributed by atoms with Crippen LogP contribution < -0.4 is 9.88 Å². The van der Waals surface area contributed by atoms with Gasteiger partial charge in [-0.25, -0.2) is 13.6 Å². The molecule has 0 fully saturated rings. The molecule has 2 N–H and O–H groups in total. The summed E-state index contributed by atoms with van der Waals surface area (Å²) in [6, 6.07) is 24.0. The van der Waals surface area contributed by atoms with Crippen LogP contribution >= 0.6 is 0 Å². The molecule has 3 aromatic carbocycles. The van der Waals surface area contributed by atoms with Crippen LogP contribution in [-0.2, 0) is 16.4 Å². The van der Waals surface area contributed by atoms with E-state index in [1.807, 2.05) is 54.6 Å². The zero-order valence-electron chi connectivity index (χ0n) is 15.3. The van der Waals surface area contributed by atoms with Gasteiger partial charge in [0.25, 0.3) is 0 Å². The fourth-order valence-electron chi connectivity index (χ4n) is 3.55. The minimum atomic E-state index is -3.76. The monoisotopic (exact) mass is 403 g/mol. The molecule has 5 nitrogen and oxygen atoms in total. The van der Waals surface area contributed by atoms with E-state index in [9.17, 15) is 8.42 Å². The van der Waals surface area contributed by atoms with Crippen LogP contribution in [0.3, 0.4) is 0 Å². The van der Waals surface area contributed by atoms with Gasteiger partial charge in [0, 0.05) is 22.9 Å². The van der Waals surface area contributed by atoms with Gasteiger partial charge in [0.1, 0.15) is 22.9 Å². The Kier molecular flexibility index (Phi) is 4.04. The number of hydrogen-bond donors (Lipinski definition) is 1. The lowest BCUT2D eigenvalue weighted by Crippen LogP contribution is -2.12. The maximum absolute atomic E-state index is 11.6. The first kappa shape index (κ1) is 17.7. The smallest absolute Gasteiger partial charge is 0.238 e. The molecule has 0 saturated carbocycles. The third kappa shape index (κ3) is 3.22. The van der Waals surface area contributed by atoms with Crippen LogP contribution in [0.25, 0.3) is 22.3 Å². The molecule has 0 radical (unpaired) electrons. The number of para-hydroxylation sites is 2. The van der Waals surface area contributed by atoms with E-state index in [2.05, 4.69) is 0 Å². The van der Waals surface area contributed by atoms with Gasteiger partial charge in [-0.2, -0.15) is 0 Å². The molecule has 0 bridgehead atoms. The van der Waals surface area contributed by atoms with Crippen molar-refractivity contribution in [3.05, 3.63) is 95.7 Å². The third-order valence-electron chi connectivity index (χ3n) is 4.99. The highest BCUT2D eigenvalue weighted by molar-refractivity contribution is 7.89. The van der Waals surface area contributed by atoms with Gasteiger partial charge in [0.15, 0.2) is 0 Å². The highest BCUT2D eigenvalue weighted by atomic mass is 32.2. The lowest BCUT2D eigenvalue weighted by molar-refractivity contribution is 0.497. The van der Waals surface area contributed by atoms with Crippen molar-refractivity contribution in [2.75, 3.05) is 0 Å². The van der Waals surface area contributed by atoms with E-state index in [-0.39, 0.29) is 4.90 Å². The molecule has 6 heteroatoms. The van der Waals surface area contributed by atoms with E-state index >= 15 is 0 Å². The summed E-state index contributed by atoms with van der Waals surface area (Å²) in [5, 5.41) is 6.24. The van der Waals surface area contributed by atoms with Crippen molar-refractivity contribution in [1.82, 2.24) is 0 Å². The van der Waals surface area contributed by atoms with Gasteiger partial charge in [0.2, 0.25) is 10.0 Å². The van der Waals surface area contributed by atoms with Crippen molar-refractivity contribution in [1.29, 1.82) is 0 Å². The highest BCUT2D eigenvalue weighted by Gasteiger charge is 2.25. The maximum atomic E-state index is 11.6. The molecule has 4 aromatic rings. The van der Waals surface area contributed by atoms with Crippen molar-refractivity contribution in [3.63, 3.8) is 0 Å². The molecule has 0 amide bonds. The van der Waals surface area contributed by atoms with Crippen molar-refractivity contribution < 1.29 is 17.6 Å². The Bertz CT molecular complexity index is 1330. The lowest BCUT2D eigenvalue weighted by Gasteiger charge is -2.23. The first-order valence-electron chi connectivity index (χ1n) is 9.10. The van der Waals surface area contributed by atoms with Crippen LogP contribution in [0.5, 0.6) is 5.75 Å². The van der Waals surface area contributed by atoms with Crippen LogP contribution in [0, 0.1) is 0 Å². The topological polar surface area (TPSA) is 82.5 Å². The zero-order chi connectivity index (χ0) is 20.0. The van der Waals surface area contributed by atoms with E-state index < -0.39 is 10.0 Å². The van der Waals surface area contributed by atoms with E-state index in [4.69, 9.17) is 14.3 Å². The molecule has 0 aliphatic carbocycles. The molecule has 2 heterocycles. The Balaban J connectivity index is 1.68. The predicted octanol–water partition coefficient (Wildman–Crippen LogP) is 4.58. The van der Waals surface area contributed by atoms with Crippen LogP contribution in [0.2, 0.25) is 0 Å². The van der Waals surface area contributed by atoms with Gasteiger partial charge >= 0.3 is 0 Å². The second-order valence-electron chi connectivity index (χ2n) is 6.91. The van der Waals surface area contributed by atoms with Crippen molar-refractivity contribution >= 4 is 32.3 Å². The van der Waals surface area contributed by atoms with Gasteiger partial charge in [0.05, 0.1) is 4.90 Å². The summed E-state index contributed by atoms with van der Waals surface area (Å²) >= 11 is 0. The number of furan rings is 1. The molecule has 0 spiro atoms. The van der Waals surface area contributed by atoms with Crippen molar-refractivity contribution in [2.45, 2.75) is 11.3 Å². The fraction of sp³-hybridized carbons (Fsp3) is 0.0435. The summed E-state index contributed by atoms with van der Waals surface area (Å²) < 4.78 is 35.5. The van der Waals surface area contributed by atoms with Gasteiger partial charge in [-0.05, 0) is 48.0 Å². The molecule has 0 saturated heterocycles. The Morgan fingerprint density at radius 2 is 1.59 bits per heavy atom. The van der Waals surface area contributed by atoms with E-state index in [1.54, 1.807) is 12.1 Å². The number of ether oxygens (including phenoxy) is 1. The largest absolute Gasteiger partial charge is 0.456 e. The van der Waals surface area contributed by atoms with Gasteiger partial charge < -0.3 is 9.15 Å². The number of hydrogen-bond acceptors (Lipinski definition) is 4. The average Bonchev–Trinajstić information content (AvgIpc) is 3.16. The van der Waals surface area contributed by atoms with Crippen molar-refractivity contribution in [3.8, 4) is 5.75 Å². The Morgan fingerprint density at radius 3 is 2.34 bits per heavy atom.